The van der Waals surface area contributed by atoms with Gasteiger partial charge in [0.25, 0.3) is 0 Å². The first-order valence-corrected chi connectivity index (χ1v) is 11.2. The largest absolute Gasteiger partial charge is 0.419 e. The number of piperidine rings is 1. The molecule has 0 atom stereocenters. The van der Waals surface area contributed by atoms with Crippen LogP contribution in [0.5, 0.6) is 0 Å². The molecule has 30 heavy (non-hydrogen) atoms. The first kappa shape index (κ1) is 19.1. The Labute approximate surface area is 177 Å². The lowest BCUT2D eigenvalue weighted by molar-refractivity contribution is -0.132. The van der Waals surface area contributed by atoms with Crippen molar-refractivity contribution in [2.45, 2.75) is 38.1 Å². The van der Waals surface area contributed by atoms with Gasteiger partial charge in [0.05, 0.1) is 20.7 Å². The topological polar surface area (TPSA) is 68.3 Å². The van der Waals surface area contributed by atoms with Gasteiger partial charge in [-0.15, -0.1) is 11.3 Å². The number of carbonyl (C=O) groups excluding carboxylic acids is 1. The number of oxazole rings is 1. The summed E-state index contributed by atoms with van der Waals surface area (Å²) in [5, 5.41) is 1.19. The third kappa shape index (κ3) is 3.65. The lowest BCUT2D eigenvalue weighted by Crippen LogP contribution is -2.37. The van der Waals surface area contributed by atoms with E-state index in [1.54, 1.807) is 22.0 Å². The number of hydrogen-bond acceptors (Lipinski definition) is 5. The van der Waals surface area contributed by atoms with Crippen LogP contribution in [0, 0.1) is 0 Å². The number of para-hydroxylation sites is 3. The summed E-state index contributed by atoms with van der Waals surface area (Å²) in [5.74, 6) is 0.237. The van der Waals surface area contributed by atoms with Gasteiger partial charge < -0.3 is 9.32 Å². The fraction of sp³-hybridized carbons (Fsp3) is 0.348. The molecule has 0 spiro atoms. The number of rotatable bonds is 5. The van der Waals surface area contributed by atoms with E-state index in [1.165, 1.54) is 9.71 Å². The molecular formula is C23H23N3O3S. The summed E-state index contributed by atoms with van der Waals surface area (Å²) in [4.78, 5) is 31.5. The van der Waals surface area contributed by atoms with Crippen molar-refractivity contribution in [3.8, 4) is 0 Å². The average molecular weight is 422 g/mol. The minimum Gasteiger partial charge on any atom is -0.408 e. The molecule has 0 N–H and O–H groups in total. The van der Waals surface area contributed by atoms with E-state index in [2.05, 4.69) is 12.1 Å². The Morgan fingerprint density at radius 3 is 2.70 bits per heavy atom. The number of thiazole rings is 1. The van der Waals surface area contributed by atoms with Crippen molar-refractivity contribution in [1.29, 1.82) is 0 Å². The fourth-order valence-corrected chi connectivity index (χ4v) is 5.35. The number of aromatic nitrogens is 2. The highest BCUT2D eigenvalue weighted by atomic mass is 32.1. The molecule has 5 rings (SSSR count). The normalized spacial score (nSPS) is 15.3. The molecule has 6 nitrogen and oxygen atoms in total. The summed E-state index contributed by atoms with van der Waals surface area (Å²) < 4.78 is 8.10. The average Bonchev–Trinajstić information content (AvgIpc) is 3.35. The van der Waals surface area contributed by atoms with Crippen molar-refractivity contribution >= 4 is 38.6 Å². The molecule has 4 aromatic rings. The maximum absolute atomic E-state index is 12.7. The second-order valence-corrected chi connectivity index (χ2v) is 8.83. The molecule has 0 aliphatic carbocycles. The molecule has 0 saturated carbocycles. The van der Waals surface area contributed by atoms with E-state index in [1.807, 2.05) is 35.2 Å². The Morgan fingerprint density at radius 2 is 1.87 bits per heavy atom. The number of aryl methyl sites for hydroxylation is 1. The molecule has 0 radical (unpaired) electrons. The maximum Gasteiger partial charge on any atom is 0.419 e. The molecule has 0 unspecified atom stereocenters. The quantitative estimate of drug-likeness (QED) is 0.479. The van der Waals surface area contributed by atoms with E-state index in [0.717, 1.165) is 37.0 Å². The van der Waals surface area contributed by atoms with Crippen molar-refractivity contribution in [3.63, 3.8) is 0 Å². The zero-order valence-electron chi connectivity index (χ0n) is 16.6. The van der Waals surface area contributed by atoms with E-state index in [9.17, 15) is 9.59 Å². The molecule has 2 aromatic carbocycles. The van der Waals surface area contributed by atoms with Crippen LogP contribution in [-0.4, -0.2) is 33.4 Å². The number of likely N-dealkylation sites (tertiary alicyclic amines) is 1. The number of benzene rings is 2. The van der Waals surface area contributed by atoms with E-state index in [0.29, 0.717) is 30.9 Å². The smallest absolute Gasteiger partial charge is 0.408 e. The SMILES string of the molecule is O=C(CCCn1c(=O)oc2ccccc21)N1CCC(c2nc3ccccc3s2)CC1. The fourth-order valence-electron chi connectivity index (χ4n) is 4.21. The molecule has 1 fully saturated rings. The highest BCUT2D eigenvalue weighted by Gasteiger charge is 2.25. The van der Waals surface area contributed by atoms with Gasteiger partial charge in [0.1, 0.15) is 0 Å². The first-order chi connectivity index (χ1) is 14.7. The molecule has 0 bridgehead atoms. The molecule has 7 heteroatoms. The summed E-state index contributed by atoms with van der Waals surface area (Å²) in [6.07, 6.45) is 2.98. The van der Waals surface area contributed by atoms with Crippen molar-refractivity contribution in [2.75, 3.05) is 13.1 Å². The van der Waals surface area contributed by atoms with E-state index in [-0.39, 0.29) is 11.7 Å². The Hall–Kier alpha value is -2.93. The summed E-state index contributed by atoms with van der Waals surface area (Å²) in [6, 6.07) is 15.6. The Kier molecular flexibility index (Phi) is 5.12. The molecule has 3 heterocycles. The van der Waals surface area contributed by atoms with Crippen LogP contribution < -0.4 is 5.76 Å². The van der Waals surface area contributed by atoms with Crippen molar-refractivity contribution < 1.29 is 9.21 Å². The van der Waals surface area contributed by atoms with Gasteiger partial charge in [-0.05, 0) is 43.5 Å². The number of hydrogen-bond donors (Lipinski definition) is 0. The van der Waals surface area contributed by atoms with Gasteiger partial charge in [-0.25, -0.2) is 9.78 Å². The minimum absolute atomic E-state index is 0.165. The zero-order chi connectivity index (χ0) is 20.5. The monoisotopic (exact) mass is 421 g/mol. The van der Waals surface area contributed by atoms with Crippen LogP contribution in [0.3, 0.4) is 0 Å². The Morgan fingerprint density at radius 1 is 1.10 bits per heavy atom. The van der Waals surface area contributed by atoms with Crippen LogP contribution in [-0.2, 0) is 11.3 Å². The second-order valence-electron chi connectivity index (χ2n) is 7.77. The van der Waals surface area contributed by atoms with E-state index in [4.69, 9.17) is 9.40 Å². The van der Waals surface area contributed by atoms with Gasteiger partial charge in [-0.3, -0.25) is 9.36 Å². The van der Waals surface area contributed by atoms with Crippen molar-refractivity contribution in [3.05, 3.63) is 64.1 Å². The van der Waals surface area contributed by atoms with Gasteiger partial charge in [0, 0.05) is 32.0 Å². The van der Waals surface area contributed by atoms with E-state index >= 15 is 0 Å². The maximum atomic E-state index is 12.7. The first-order valence-electron chi connectivity index (χ1n) is 10.4. The third-order valence-electron chi connectivity index (χ3n) is 5.85. The number of fused-ring (bicyclic) bond motifs is 2. The Bertz CT molecular complexity index is 1210. The third-order valence-corrected chi connectivity index (χ3v) is 7.05. The van der Waals surface area contributed by atoms with Gasteiger partial charge in [0.15, 0.2) is 5.58 Å². The summed E-state index contributed by atoms with van der Waals surface area (Å²) >= 11 is 1.77. The summed E-state index contributed by atoms with van der Waals surface area (Å²) in [7, 11) is 0. The molecule has 1 aliphatic heterocycles. The molecule has 1 aliphatic rings. The number of amides is 1. The van der Waals surface area contributed by atoms with Gasteiger partial charge >= 0.3 is 5.76 Å². The van der Waals surface area contributed by atoms with Crippen molar-refractivity contribution in [2.24, 2.45) is 0 Å². The van der Waals surface area contributed by atoms with Crippen LogP contribution in [0.2, 0.25) is 0 Å². The highest BCUT2D eigenvalue weighted by molar-refractivity contribution is 7.18. The molecular weight excluding hydrogens is 398 g/mol. The van der Waals surface area contributed by atoms with E-state index < -0.39 is 0 Å². The zero-order valence-corrected chi connectivity index (χ0v) is 17.4. The predicted molar refractivity (Wildman–Crippen MR) is 118 cm³/mol. The molecule has 1 amide bonds. The Balaban J connectivity index is 1.15. The van der Waals surface area contributed by atoms with Crippen molar-refractivity contribution in [1.82, 2.24) is 14.5 Å². The molecule has 2 aromatic heterocycles. The minimum atomic E-state index is -0.361. The predicted octanol–water partition coefficient (Wildman–Crippen LogP) is 4.39. The van der Waals surface area contributed by atoms with Gasteiger partial charge in [-0.2, -0.15) is 0 Å². The van der Waals surface area contributed by atoms with Crippen LogP contribution in [0.4, 0.5) is 0 Å². The van der Waals surface area contributed by atoms with Crippen LogP contribution in [0.15, 0.2) is 57.7 Å². The number of nitrogens with zero attached hydrogens (tertiary/aromatic N) is 3. The van der Waals surface area contributed by atoms with Crippen LogP contribution >= 0.6 is 11.3 Å². The van der Waals surface area contributed by atoms with Gasteiger partial charge in [0.2, 0.25) is 5.91 Å². The highest BCUT2D eigenvalue weighted by Crippen LogP contribution is 2.33. The molecule has 1 saturated heterocycles. The second kappa shape index (κ2) is 8.07. The lowest BCUT2D eigenvalue weighted by Gasteiger charge is -2.31. The van der Waals surface area contributed by atoms with Crippen LogP contribution in [0.25, 0.3) is 21.3 Å². The number of carbonyl (C=O) groups is 1. The van der Waals surface area contributed by atoms with Crippen LogP contribution in [0.1, 0.15) is 36.6 Å². The molecule has 154 valence electrons. The standard InChI is InChI=1S/C23H23N3O3S/c27-21(10-5-13-26-18-7-2-3-8-19(18)29-23(26)28)25-14-11-16(12-15-25)22-24-17-6-1-4-9-20(17)30-22/h1-4,6-9,16H,5,10-15H2. The summed E-state index contributed by atoms with van der Waals surface area (Å²) in [6.45, 7) is 2.03. The summed E-state index contributed by atoms with van der Waals surface area (Å²) in [5.41, 5.74) is 2.44. The van der Waals surface area contributed by atoms with Gasteiger partial charge in [-0.1, -0.05) is 24.3 Å². The lowest BCUT2D eigenvalue weighted by atomic mass is 9.97.